The average molecular weight is 264 g/mol. The monoisotopic (exact) mass is 264 g/mol. The summed E-state index contributed by atoms with van der Waals surface area (Å²) in [4.78, 5) is 15.4. The van der Waals surface area contributed by atoms with Crippen LogP contribution >= 0.6 is 0 Å². The van der Waals surface area contributed by atoms with Crippen molar-refractivity contribution in [2.75, 3.05) is 5.32 Å². The average Bonchev–Trinajstić information content (AvgIpc) is 2.39. The molecule has 2 aromatic rings. The number of anilines is 1. The zero-order chi connectivity index (χ0) is 14.0. The Morgan fingerprint density at radius 3 is 2.74 bits per heavy atom. The number of amides is 1. The van der Waals surface area contributed by atoms with Gasteiger partial charge in [0.2, 0.25) is 0 Å². The number of nitrogens with zero attached hydrogens (tertiary/aromatic N) is 1. The number of carbonyl (C=O) groups excluding carboxylic acids is 1. The van der Waals surface area contributed by atoms with Crippen molar-refractivity contribution in [2.24, 2.45) is 0 Å². The molecule has 0 bridgehead atoms. The highest BCUT2D eigenvalue weighted by Crippen LogP contribution is 2.22. The first kappa shape index (κ1) is 12.9. The molecule has 0 radical (unpaired) electrons. The van der Waals surface area contributed by atoms with Crippen molar-refractivity contribution < 1.29 is 18.7 Å². The minimum atomic E-state index is -0.871. The topological polar surface area (TPSA) is 62.2 Å². The van der Waals surface area contributed by atoms with E-state index in [-0.39, 0.29) is 16.9 Å². The van der Waals surface area contributed by atoms with Crippen LogP contribution in [0.15, 0.2) is 30.6 Å². The minimum Gasteiger partial charge on any atom is -0.506 e. The molecule has 2 rings (SSSR count). The molecule has 98 valence electrons. The molecule has 2 N–H and O–H groups in total. The Morgan fingerprint density at radius 1 is 1.32 bits per heavy atom. The fraction of sp³-hybridized carbons (Fsp3) is 0.0769. The maximum atomic E-state index is 13.7. The van der Waals surface area contributed by atoms with E-state index >= 15 is 0 Å². The summed E-state index contributed by atoms with van der Waals surface area (Å²) in [6.07, 6.45) is 2.32. The van der Waals surface area contributed by atoms with Gasteiger partial charge in [-0.3, -0.25) is 9.78 Å². The largest absolute Gasteiger partial charge is 0.506 e. The zero-order valence-corrected chi connectivity index (χ0v) is 9.95. The van der Waals surface area contributed by atoms with Gasteiger partial charge in [-0.05, 0) is 24.6 Å². The maximum Gasteiger partial charge on any atom is 0.257 e. The normalized spacial score (nSPS) is 10.3. The summed E-state index contributed by atoms with van der Waals surface area (Å²) >= 11 is 0. The lowest BCUT2D eigenvalue weighted by molar-refractivity contribution is 0.102. The van der Waals surface area contributed by atoms with E-state index in [9.17, 15) is 18.7 Å². The van der Waals surface area contributed by atoms with Gasteiger partial charge in [0.05, 0.1) is 11.8 Å². The van der Waals surface area contributed by atoms with E-state index in [0.717, 1.165) is 18.3 Å². The predicted molar refractivity (Wildman–Crippen MR) is 65.0 cm³/mol. The molecule has 0 saturated heterocycles. The molecule has 0 aliphatic heterocycles. The highest BCUT2D eigenvalue weighted by Gasteiger charge is 2.15. The van der Waals surface area contributed by atoms with Crippen molar-refractivity contribution in [2.45, 2.75) is 6.92 Å². The van der Waals surface area contributed by atoms with Crippen LogP contribution in [0.1, 0.15) is 15.9 Å². The van der Waals surface area contributed by atoms with E-state index in [1.54, 1.807) is 0 Å². The van der Waals surface area contributed by atoms with Crippen LogP contribution in [0.25, 0.3) is 0 Å². The number of pyridine rings is 1. The molecule has 4 nitrogen and oxygen atoms in total. The van der Waals surface area contributed by atoms with Gasteiger partial charge in [-0.15, -0.1) is 0 Å². The highest BCUT2D eigenvalue weighted by atomic mass is 19.1. The number of nitrogens with one attached hydrogen (secondary N) is 1. The van der Waals surface area contributed by atoms with Crippen molar-refractivity contribution >= 4 is 11.6 Å². The lowest BCUT2D eigenvalue weighted by atomic mass is 10.2. The van der Waals surface area contributed by atoms with E-state index in [1.807, 2.05) is 0 Å². The Kier molecular flexibility index (Phi) is 3.41. The second-order valence-electron chi connectivity index (χ2n) is 3.94. The third-order valence-corrected chi connectivity index (χ3v) is 2.51. The first-order valence-corrected chi connectivity index (χ1v) is 5.39. The Labute approximate surface area is 107 Å². The summed E-state index contributed by atoms with van der Waals surface area (Å²) in [5.74, 6) is -2.67. The van der Waals surface area contributed by atoms with Crippen LogP contribution < -0.4 is 5.32 Å². The van der Waals surface area contributed by atoms with Crippen LogP contribution in [0.5, 0.6) is 5.75 Å². The van der Waals surface area contributed by atoms with Gasteiger partial charge >= 0.3 is 0 Å². The molecule has 19 heavy (non-hydrogen) atoms. The number of halogens is 2. The molecule has 0 spiro atoms. The maximum absolute atomic E-state index is 13.7. The highest BCUT2D eigenvalue weighted by molar-refractivity contribution is 6.04. The molecular weight excluding hydrogens is 254 g/mol. The van der Waals surface area contributed by atoms with Crippen LogP contribution in [0, 0.1) is 18.6 Å². The number of carbonyl (C=O) groups is 1. The van der Waals surface area contributed by atoms with E-state index in [0.29, 0.717) is 0 Å². The van der Waals surface area contributed by atoms with Gasteiger partial charge in [-0.2, -0.15) is 0 Å². The number of aryl methyl sites for hydroxylation is 1. The molecule has 1 amide bonds. The van der Waals surface area contributed by atoms with Crippen molar-refractivity contribution in [3.63, 3.8) is 0 Å². The fourth-order valence-electron chi connectivity index (χ4n) is 1.51. The molecule has 1 heterocycles. The molecule has 1 aromatic heterocycles. The number of aromatic nitrogens is 1. The Balaban J connectivity index is 2.32. The number of hydrogen-bond acceptors (Lipinski definition) is 3. The van der Waals surface area contributed by atoms with E-state index in [1.165, 1.54) is 19.2 Å². The van der Waals surface area contributed by atoms with E-state index < -0.39 is 23.2 Å². The molecule has 0 unspecified atom stereocenters. The van der Waals surface area contributed by atoms with Crippen LogP contribution in [-0.4, -0.2) is 16.0 Å². The summed E-state index contributed by atoms with van der Waals surface area (Å²) < 4.78 is 27.2. The standard InChI is InChI=1S/C13H10F2N2O2/c1-7-2-3-10(14)12(11(7)15)17-13(19)8-4-9(18)6-16-5-8/h2-6,18H,1H3,(H,17,19). The van der Waals surface area contributed by atoms with Crippen molar-refractivity contribution in [3.8, 4) is 5.75 Å². The second kappa shape index (κ2) is 5.01. The first-order chi connectivity index (χ1) is 8.99. The molecule has 0 atom stereocenters. The summed E-state index contributed by atoms with van der Waals surface area (Å²) in [5, 5.41) is 11.3. The van der Waals surface area contributed by atoms with Crippen LogP contribution in [0.3, 0.4) is 0 Å². The van der Waals surface area contributed by atoms with Gasteiger partial charge < -0.3 is 10.4 Å². The molecule has 1 aromatic carbocycles. The number of aromatic hydroxyl groups is 1. The first-order valence-electron chi connectivity index (χ1n) is 5.39. The number of rotatable bonds is 2. The Hall–Kier alpha value is -2.50. The van der Waals surface area contributed by atoms with Gasteiger partial charge in [-0.25, -0.2) is 8.78 Å². The summed E-state index contributed by atoms with van der Waals surface area (Å²) in [6, 6.07) is 3.49. The molecule has 0 aliphatic carbocycles. The smallest absolute Gasteiger partial charge is 0.257 e. The fourth-order valence-corrected chi connectivity index (χ4v) is 1.51. The van der Waals surface area contributed by atoms with Gasteiger partial charge in [-0.1, -0.05) is 6.07 Å². The summed E-state index contributed by atoms with van der Waals surface area (Å²) in [7, 11) is 0. The molecule has 0 fully saturated rings. The lowest BCUT2D eigenvalue weighted by Crippen LogP contribution is -2.15. The molecular formula is C13H10F2N2O2. The Bertz CT molecular complexity index is 645. The zero-order valence-electron chi connectivity index (χ0n) is 9.95. The number of hydrogen-bond donors (Lipinski definition) is 2. The molecule has 0 saturated carbocycles. The van der Waals surface area contributed by atoms with Crippen molar-refractivity contribution in [1.82, 2.24) is 4.98 Å². The van der Waals surface area contributed by atoms with Crippen molar-refractivity contribution in [3.05, 3.63) is 53.4 Å². The molecule has 6 heteroatoms. The third-order valence-electron chi connectivity index (χ3n) is 2.51. The van der Waals surface area contributed by atoms with Gasteiger partial charge in [0.15, 0.2) is 5.82 Å². The SMILES string of the molecule is Cc1ccc(F)c(NC(=O)c2cncc(O)c2)c1F. The summed E-state index contributed by atoms with van der Waals surface area (Å²) in [5.41, 5.74) is -0.306. The van der Waals surface area contributed by atoms with Crippen LogP contribution in [-0.2, 0) is 0 Å². The van der Waals surface area contributed by atoms with Gasteiger partial charge in [0, 0.05) is 6.20 Å². The van der Waals surface area contributed by atoms with Gasteiger partial charge in [0.25, 0.3) is 5.91 Å². The summed E-state index contributed by atoms with van der Waals surface area (Å²) in [6.45, 7) is 1.46. The predicted octanol–water partition coefficient (Wildman–Crippen LogP) is 2.63. The third kappa shape index (κ3) is 2.67. The second-order valence-corrected chi connectivity index (χ2v) is 3.94. The van der Waals surface area contributed by atoms with E-state index in [2.05, 4.69) is 10.3 Å². The van der Waals surface area contributed by atoms with Crippen molar-refractivity contribution in [1.29, 1.82) is 0 Å². The molecule has 0 aliphatic rings. The quantitative estimate of drug-likeness (QED) is 0.876. The van der Waals surface area contributed by atoms with E-state index in [4.69, 9.17) is 0 Å². The van der Waals surface area contributed by atoms with Crippen LogP contribution in [0.4, 0.5) is 14.5 Å². The number of benzene rings is 1. The van der Waals surface area contributed by atoms with Crippen LogP contribution in [0.2, 0.25) is 0 Å². The Morgan fingerprint density at radius 2 is 2.05 bits per heavy atom. The lowest BCUT2D eigenvalue weighted by Gasteiger charge is -2.09. The minimum absolute atomic E-state index is 0.000283. The van der Waals surface area contributed by atoms with Gasteiger partial charge in [0.1, 0.15) is 17.3 Å².